The number of thiophene rings is 1. The van der Waals surface area contributed by atoms with Crippen LogP contribution in [0.1, 0.15) is 47.3 Å². The molecule has 0 aliphatic heterocycles. The summed E-state index contributed by atoms with van der Waals surface area (Å²) in [7, 11) is 1.70. The summed E-state index contributed by atoms with van der Waals surface area (Å²) in [5.74, 6) is 0.614. The molecule has 100 valence electrons. The molecular weight excluding hydrogens is 248 g/mol. The molecular formula is C13H20N2O2S. The number of nitrogen functional groups attached to an aromatic ring is 1. The van der Waals surface area contributed by atoms with Crippen LogP contribution in [0.5, 0.6) is 0 Å². The number of nitrogens with one attached hydrogen (secondary N) is 1. The Labute approximate surface area is 112 Å². The molecule has 0 amide bonds. The van der Waals surface area contributed by atoms with Gasteiger partial charge in [-0.1, -0.05) is 0 Å². The van der Waals surface area contributed by atoms with Gasteiger partial charge in [-0.3, -0.25) is 4.79 Å². The van der Waals surface area contributed by atoms with E-state index in [0.717, 1.165) is 24.6 Å². The topological polar surface area (TPSA) is 64.3 Å². The second-order valence-electron chi connectivity index (χ2n) is 4.69. The number of methoxy groups -OCH3 is 1. The molecule has 1 saturated carbocycles. The normalized spacial score (nSPS) is 14.8. The smallest absolute Gasteiger partial charge is 0.171 e. The number of carbonyl (C=O) groups excluding carboxylic acids is 1. The van der Waals surface area contributed by atoms with Gasteiger partial charge in [0, 0.05) is 32.7 Å². The highest BCUT2D eigenvalue weighted by Gasteiger charge is 2.32. The third-order valence-electron chi connectivity index (χ3n) is 3.10. The first-order chi connectivity index (χ1) is 8.65. The highest BCUT2D eigenvalue weighted by Crippen LogP contribution is 2.50. The van der Waals surface area contributed by atoms with E-state index < -0.39 is 0 Å². The number of hydrogen-bond acceptors (Lipinski definition) is 5. The number of Topliss-reactive ketones (excluding diaryl/α,β-unsaturated/α-hetero) is 1. The van der Waals surface area contributed by atoms with E-state index in [2.05, 4.69) is 5.32 Å². The minimum Gasteiger partial charge on any atom is -0.397 e. The molecule has 1 aliphatic carbocycles. The monoisotopic (exact) mass is 268 g/mol. The molecule has 0 bridgehead atoms. The van der Waals surface area contributed by atoms with Gasteiger partial charge in [0.05, 0.1) is 15.6 Å². The van der Waals surface area contributed by atoms with E-state index in [0.29, 0.717) is 16.5 Å². The van der Waals surface area contributed by atoms with Crippen LogP contribution in [-0.2, 0) is 4.74 Å². The SMILES string of the molecule is COCCCNc1sc(C(C)=O)c(N)c1C1CC1. The Bertz CT molecular complexity index is 438. The maximum atomic E-state index is 11.5. The van der Waals surface area contributed by atoms with Crippen LogP contribution < -0.4 is 11.1 Å². The number of anilines is 2. The first kappa shape index (κ1) is 13.4. The molecule has 0 unspecified atom stereocenters. The molecule has 0 saturated heterocycles. The van der Waals surface area contributed by atoms with Crippen LogP contribution in [0, 0.1) is 0 Å². The van der Waals surface area contributed by atoms with Crippen LogP contribution in [-0.4, -0.2) is 26.0 Å². The number of ketones is 1. The molecule has 1 heterocycles. The molecule has 0 atom stereocenters. The van der Waals surface area contributed by atoms with E-state index in [1.54, 1.807) is 14.0 Å². The van der Waals surface area contributed by atoms with Crippen LogP contribution >= 0.6 is 11.3 Å². The zero-order chi connectivity index (χ0) is 13.1. The quantitative estimate of drug-likeness (QED) is 0.589. The fourth-order valence-electron chi connectivity index (χ4n) is 2.05. The summed E-state index contributed by atoms with van der Waals surface area (Å²) < 4.78 is 5.02. The van der Waals surface area contributed by atoms with Crippen molar-refractivity contribution < 1.29 is 9.53 Å². The second kappa shape index (κ2) is 5.71. The van der Waals surface area contributed by atoms with Crippen molar-refractivity contribution in [3.8, 4) is 0 Å². The van der Waals surface area contributed by atoms with Crippen molar-refractivity contribution in [1.29, 1.82) is 0 Å². The van der Waals surface area contributed by atoms with Crippen LogP contribution in [0.25, 0.3) is 0 Å². The first-order valence-corrected chi connectivity index (χ1v) is 7.12. The Morgan fingerprint density at radius 1 is 1.56 bits per heavy atom. The lowest BCUT2D eigenvalue weighted by molar-refractivity contribution is 0.102. The first-order valence-electron chi connectivity index (χ1n) is 6.31. The Balaban J connectivity index is 2.12. The maximum absolute atomic E-state index is 11.5. The molecule has 4 nitrogen and oxygen atoms in total. The van der Waals surface area contributed by atoms with Gasteiger partial charge < -0.3 is 15.8 Å². The van der Waals surface area contributed by atoms with E-state index in [1.807, 2.05) is 0 Å². The van der Waals surface area contributed by atoms with E-state index in [4.69, 9.17) is 10.5 Å². The molecule has 0 aromatic carbocycles. The van der Waals surface area contributed by atoms with Gasteiger partial charge in [-0.15, -0.1) is 11.3 Å². The third-order valence-corrected chi connectivity index (χ3v) is 4.38. The molecule has 18 heavy (non-hydrogen) atoms. The highest BCUT2D eigenvalue weighted by molar-refractivity contribution is 7.18. The summed E-state index contributed by atoms with van der Waals surface area (Å²) in [5, 5.41) is 4.47. The van der Waals surface area contributed by atoms with Gasteiger partial charge >= 0.3 is 0 Å². The third kappa shape index (κ3) is 2.84. The van der Waals surface area contributed by atoms with Gasteiger partial charge in [0.2, 0.25) is 0 Å². The van der Waals surface area contributed by atoms with E-state index in [9.17, 15) is 4.79 Å². The molecule has 1 aromatic rings. The number of rotatable bonds is 7. The van der Waals surface area contributed by atoms with E-state index >= 15 is 0 Å². The Hall–Kier alpha value is -1.07. The zero-order valence-electron chi connectivity index (χ0n) is 10.9. The molecule has 1 fully saturated rings. The van der Waals surface area contributed by atoms with Crippen LogP contribution in [0.2, 0.25) is 0 Å². The molecule has 0 spiro atoms. The van der Waals surface area contributed by atoms with Gasteiger partial charge in [0.15, 0.2) is 5.78 Å². The fourth-order valence-corrected chi connectivity index (χ4v) is 3.17. The van der Waals surface area contributed by atoms with Crippen molar-refractivity contribution in [3.05, 3.63) is 10.4 Å². The standard InChI is InChI=1S/C13H20N2O2S/c1-8(16)12-11(14)10(9-4-5-9)13(18-12)15-6-3-7-17-2/h9,15H,3-7,14H2,1-2H3. The van der Waals surface area contributed by atoms with Crippen molar-refractivity contribution in [3.63, 3.8) is 0 Å². The van der Waals surface area contributed by atoms with Crippen molar-refractivity contribution in [1.82, 2.24) is 0 Å². The molecule has 5 heteroatoms. The lowest BCUT2D eigenvalue weighted by Gasteiger charge is -2.06. The van der Waals surface area contributed by atoms with Crippen LogP contribution in [0.3, 0.4) is 0 Å². The Morgan fingerprint density at radius 2 is 2.28 bits per heavy atom. The summed E-state index contributed by atoms with van der Waals surface area (Å²) >= 11 is 1.49. The summed E-state index contributed by atoms with van der Waals surface area (Å²) in [4.78, 5) is 12.2. The zero-order valence-corrected chi connectivity index (χ0v) is 11.7. The van der Waals surface area contributed by atoms with Gasteiger partial charge in [-0.25, -0.2) is 0 Å². The summed E-state index contributed by atoms with van der Waals surface area (Å²) in [6.45, 7) is 3.17. The van der Waals surface area contributed by atoms with Gasteiger partial charge in [-0.05, 0) is 25.2 Å². The average Bonchev–Trinajstić information content (AvgIpc) is 3.10. The summed E-state index contributed by atoms with van der Waals surface area (Å²) in [6.07, 6.45) is 3.32. The fraction of sp³-hybridized carbons (Fsp3) is 0.615. The van der Waals surface area contributed by atoms with Gasteiger partial charge in [0.1, 0.15) is 0 Å². The Morgan fingerprint density at radius 3 is 2.83 bits per heavy atom. The minimum atomic E-state index is 0.0596. The molecule has 2 rings (SSSR count). The second-order valence-corrected chi connectivity index (χ2v) is 5.71. The molecule has 3 N–H and O–H groups in total. The average molecular weight is 268 g/mol. The van der Waals surface area contributed by atoms with E-state index in [1.165, 1.54) is 29.7 Å². The minimum absolute atomic E-state index is 0.0596. The Kier molecular flexibility index (Phi) is 4.24. The molecule has 1 aromatic heterocycles. The molecule has 0 radical (unpaired) electrons. The highest BCUT2D eigenvalue weighted by atomic mass is 32.1. The van der Waals surface area contributed by atoms with Crippen LogP contribution in [0.15, 0.2) is 0 Å². The van der Waals surface area contributed by atoms with Crippen LogP contribution in [0.4, 0.5) is 10.7 Å². The number of carbonyl (C=O) groups is 1. The van der Waals surface area contributed by atoms with Gasteiger partial charge in [-0.2, -0.15) is 0 Å². The van der Waals surface area contributed by atoms with Crippen molar-refractivity contribution in [2.75, 3.05) is 31.3 Å². The predicted molar refractivity (Wildman–Crippen MR) is 75.7 cm³/mol. The van der Waals surface area contributed by atoms with Gasteiger partial charge in [0.25, 0.3) is 0 Å². The lowest BCUT2D eigenvalue weighted by atomic mass is 10.1. The summed E-state index contributed by atoms with van der Waals surface area (Å²) in [6, 6.07) is 0. The van der Waals surface area contributed by atoms with Crippen molar-refractivity contribution in [2.45, 2.75) is 32.1 Å². The summed E-state index contributed by atoms with van der Waals surface area (Å²) in [5.41, 5.74) is 7.97. The van der Waals surface area contributed by atoms with E-state index in [-0.39, 0.29) is 5.78 Å². The number of nitrogens with two attached hydrogens (primary N) is 1. The largest absolute Gasteiger partial charge is 0.397 e. The maximum Gasteiger partial charge on any atom is 0.171 e. The predicted octanol–water partition coefficient (Wildman–Crippen LogP) is 2.86. The number of ether oxygens (including phenoxy) is 1. The lowest BCUT2D eigenvalue weighted by Crippen LogP contribution is -2.05. The molecule has 1 aliphatic rings. The van der Waals surface area contributed by atoms with Crippen molar-refractivity contribution >= 4 is 27.8 Å². The van der Waals surface area contributed by atoms with Crippen molar-refractivity contribution in [2.24, 2.45) is 0 Å². The number of hydrogen-bond donors (Lipinski definition) is 2.